The number of para-hydroxylation sites is 1. The Labute approximate surface area is 157 Å². The van der Waals surface area contributed by atoms with Gasteiger partial charge in [-0.05, 0) is 25.3 Å². The molecule has 2 fully saturated rings. The third-order valence-electron chi connectivity index (χ3n) is 5.51. The van der Waals surface area contributed by atoms with Crippen LogP contribution in [0.2, 0.25) is 0 Å². The lowest BCUT2D eigenvalue weighted by Crippen LogP contribution is -2.29. The molecule has 0 spiro atoms. The smallest absolute Gasteiger partial charge is 0.410 e. The number of ether oxygens (including phenoxy) is 2. The van der Waals surface area contributed by atoms with Gasteiger partial charge in [-0.1, -0.05) is 50.3 Å². The van der Waals surface area contributed by atoms with Crippen LogP contribution in [0.25, 0.3) is 0 Å². The Morgan fingerprint density at radius 3 is 2.77 bits per heavy atom. The number of nitrogens with one attached hydrogen (secondary N) is 1. The number of hydrogen-bond donors (Lipinski definition) is 1. The molecule has 1 aliphatic carbocycles. The number of likely N-dealkylation sites (N-methyl/N-ethyl adjacent to an activating group) is 1. The summed E-state index contributed by atoms with van der Waals surface area (Å²) in [4.78, 5) is 13.0. The first-order chi connectivity index (χ1) is 12.6. The molecule has 2 aliphatic rings. The SMILES string of the molecule is CC(CC1CCCCC1)NCc1ccccc1OCC1CN(C)C(=O)O1. The average Bonchev–Trinajstić information content (AvgIpc) is 2.97. The molecule has 5 heteroatoms. The number of carbonyl (C=O) groups excluding carboxylic acids is 1. The predicted molar refractivity (Wildman–Crippen MR) is 102 cm³/mol. The minimum absolute atomic E-state index is 0.196. The lowest BCUT2D eigenvalue weighted by atomic mass is 9.85. The fourth-order valence-electron chi connectivity index (χ4n) is 4.00. The zero-order valence-corrected chi connectivity index (χ0v) is 16.1. The van der Waals surface area contributed by atoms with E-state index in [4.69, 9.17) is 9.47 Å². The number of rotatable bonds is 8. The maximum Gasteiger partial charge on any atom is 0.410 e. The van der Waals surface area contributed by atoms with Crippen molar-refractivity contribution in [1.82, 2.24) is 10.2 Å². The van der Waals surface area contributed by atoms with Gasteiger partial charge in [-0.15, -0.1) is 0 Å². The summed E-state index contributed by atoms with van der Waals surface area (Å²) in [6.07, 6.45) is 7.77. The van der Waals surface area contributed by atoms with Crippen molar-refractivity contribution in [2.75, 3.05) is 20.2 Å². The van der Waals surface area contributed by atoms with Crippen molar-refractivity contribution in [3.8, 4) is 5.75 Å². The lowest BCUT2D eigenvalue weighted by molar-refractivity contribution is 0.103. The molecule has 1 aromatic carbocycles. The summed E-state index contributed by atoms with van der Waals surface area (Å²) in [6.45, 7) is 4.06. The molecule has 3 rings (SSSR count). The summed E-state index contributed by atoms with van der Waals surface area (Å²) >= 11 is 0. The quantitative estimate of drug-likeness (QED) is 0.762. The Balaban J connectivity index is 1.46. The minimum Gasteiger partial charge on any atom is -0.489 e. The van der Waals surface area contributed by atoms with Gasteiger partial charge in [-0.3, -0.25) is 0 Å². The van der Waals surface area contributed by atoms with Crippen LogP contribution in [-0.2, 0) is 11.3 Å². The summed E-state index contributed by atoms with van der Waals surface area (Å²) in [5.41, 5.74) is 1.15. The fraction of sp³-hybridized carbons (Fsp3) is 0.667. The monoisotopic (exact) mass is 360 g/mol. The topological polar surface area (TPSA) is 50.8 Å². The Kier molecular flexibility index (Phi) is 6.78. The molecule has 1 heterocycles. The van der Waals surface area contributed by atoms with E-state index in [2.05, 4.69) is 18.3 Å². The van der Waals surface area contributed by atoms with E-state index in [1.165, 1.54) is 38.5 Å². The Hall–Kier alpha value is -1.75. The maximum atomic E-state index is 11.4. The van der Waals surface area contributed by atoms with Crippen molar-refractivity contribution in [3.05, 3.63) is 29.8 Å². The van der Waals surface area contributed by atoms with Gasteiger partial charge in [0.2, 0.25) is 0 Å². The van der Waals surface area contributed by atoms with Gasteiger partial charge in [-0.25, -0.2) is 4.79 Å². The van der Waals surface area contributed by atoms with Gasteiger partial charge in [0.25, 0.3) is 0 Å². The van der Waals surface area contributed by atoms with Crippen LogP contribution in [0, 0.1) is 5.92 Å². The molecule has 1 N–H and O–H groups in total. The van der Waals surface area contributed by atoms with Crippen LogP contribution in [0.15, 0.2) is 24.3 Å². The zero-order valence-electron chi connectivity index (χ0n) is 16.1. The average molecular weight is 360 g/mol. The first-order valence-electron chi connectivity index (χ1n) is 9.97. The standard InChI is InChI=1S/C21H32N2O3/c1-16(12-17-8-4-3-5-9-17)22-13-18-10-6-7-11-20(18)25-15-19-14-23(2)21(24)26-19/h6-7,10-11,16-17,19,22H,3-5,8-9,12-15H2,1-2H3. The zero-order chi connectivity index (χ0) is 18.4. The van der Waals surface area contributed by atoms with E-state index in [0.717, 1.165) is 23.8 Å². The van der Waals surface area contributed by atoms with Gasteiger partial charge in [0.1, 0.15) is 12.4 Å². The Morgan fingerprint density at radius 2 is 2.04 bits per heavy atom. The molecule has 5 nitrogen and oxygen atoms in total. The van der Waals surface area contributed by atoms with Gasteiger partial charge < -0.3 is 19.7 Å². The number of amides is 1. The normalized spacial score (nSPS) is 22.3. The minimum atomic E-state index is -0.273. The first kappa shape index (κ1) is 19.0. The van der Waals surface area contributed by atoms with Gasteiger partial charge in [-0.2, -0.15) is 0 Å². The molecule has 0 aromatic heterocycles. The second-order valence-electron chi connectivity index (χ2n) is 7.83. The number of benzene rings is 1. The van der Waals surface area contributed by atoms with Crippen molar-refractivity contribution in [2.45, 2.75) is 64.1 Å². The molecular formula is C21H32N2O3. The van der Waals surface area contributed by atoms with Crippen LogP contribution in [0.3, 0.4) is 0 Å². The lowest BCUT2D eigenvalue weighted by Gasteiger charge is -2.25. The van der Waals surface area contributed by atoms with E-state index in [-0.39, 0.29) is 12.2 Å². The fourth-order valence-corrected chi connectivity index (χ4v) is 4.00. The largest absolute Gasteiger partial charge is 0.489 e. The van der Waals surface area contributed by atoms with E-state index in [0.29, 0.717) is 19.2 Å². The van der Waals surface area contributed by atoms with Crippen LogP contribution in [0.1, 0.15) is 51.0 Å². The summed E-state index contributed by atoms with van der Waals surface area (Å²) in [5, 5.41) is 3.66. The maximum absolute atomic E-state index is 11.4. The predicted octanol–water partition coefficient (Wildman–Crippen LogP) is 3.96. The Bertz CT molecular complexity index is 586. The Morgan fingerprint density at radius 1 is 1.27 bits per heavy atom. The van der Waals surface area contributed by atoms with Crippen molar-refractivity contribution in [3.63, 3.8) is 0 Å². The molecule has 1 saturated heterocycles. The van der Waals surface area contributed by atoms with Crippen molar-refractivity contribution in [2.24, 2.45) is 5.92 Å². The van der Waals surface area contributed by atoms with E-state index in [1.54, 1.807) is 11.9 Å². The molecule has 0 radical (unpaired) electrons. The third-order valence-corrected chi connectivity index (χ3v) is 5.51. The van der Waals surface area contributed by atoms with Crippen LogP contribution < -0.4 is 10.1 Å². The van der Waals surface area contributed by atoms with Gasteiger partial charge in [0.05, 0.1) is 6.54 Å². The van der Waals surface area contributed by atoms with Crippen LogP contribution in [0.4, 0.5) is 4.79 Å². The van der Waals surface area contributed by atoms with E-state index in [1.807, 2.05) is 18.2 Å². The molecule has 26 heavy (non-hydrogen) atoms. The van der Waals surface area contributed by atoms with Crippen LogP contribution in [-0.4, -0.2) is 43.3 Å². The third kappa shape index (κ3) is 5.37. The highest BCUT2D eigenvalue weighted by Gasteiger charge is 2.28. The number of hydrogen-bond acceptors (Lipinski definition) is 4. The van der Waals surface area contributed by atoms with E-state index in [9.17, 15) is 4.79 Å². The van der Waals surface area contributed by atoms with Gasteiger partial charge >= 0.3 is 6.09 Å². The molecular weight excluding hydrogens is 328 g/mol. The van der Waals surface area contributed by atoms with Crippen LogP contribution >= 0.6 is 0 Å². The number of cyclic esters (lactones) is 1. The molecule has 2 unspecified atom stereocenters. The summed E-state index contributed by atoms with van der Waals surface area (Å²) < 4.78 is 11.2. The molecule has 144 valence electrons. The molecule has 1 amide bonds. The molecule has 1 aliphatic heterocycles. The summed E-state index contributed by atoms with van der Waals surface area (Å²) in [6, 6.07) is 8.62. The molecule has 1 saturated carbocycles. The van der Waals surface area contributed by atoms with E-state index < -0.39 is 0 Å². The molecule has 0 bridgehead atoms. The van der Waals surface area contributed by atoms with Crippen molar-refractivity contribution >= 4 is 6.09 Å². The first-order valence-corrected chi connectivity index (χ1v) is 9.97. The van der Waals surface area contributed by atoms with E-state index >= 15 is 0 Å². The summed E-state index contributed by atoms with van der Waals surface area (Å²) in [5.74, 6) is 1.75. The second-order valence-corrected chi connectivity index (χ2v) is 7.83. The van der Waals surface area contributed by atoms with Gasteiger partial charge in [0, 0.05) is 25.2 Å². The second kappa shape index (κ2) is 9.26. The molecule has 1 aromatic rings. The number of nitrogens with zero attached hydrogens (tertiary/aromatic N) is 1. The molecule has 2 atom stereocenters. The van der Waals surface area contributed by atoms with Crippen molar-refractivity contribution < 1.29 is 14.3 Å². The summed E-state index contributed by atoms with van der Waals surface area (Å²) in [7, 11) is 1.74. The number of carbonyl (C=O) groups is 1. The van der Waals surface area contributed by atoms with Gasteiger partial charge in [0.15, 0.2) is 6.10 Å². The highest BCUT2D eigenvalue weighted by atomic mass is 16.6. The van der Waals surface area contributed by atoms with Crippen LogP contribution in [0.5, 0.6) is 5.75 Å². The van der Waals surface area contributed by atoms with Crippen molar-refractivity contribution in [1.29, 1.82) is 0 Å². The highest BCUT2D eigenvalue weighted by Crippen LogP contribution is 2.27. The highest BCUT2D eigenvalue weighted by molar-refractivity contribution is 5.69.